The summed E-state index contributed by atoms with van der Waals surface area (Å²) in [7, 11) is 0. The predicted octanol–water partition coefficient (Wildman–Crippen LogP) is 3.58. The van der Waals surface area contributed by atoms with Crippen LogP contribution in [0.3, 0.4) is 0 Å². The van der Waals surface area contributed by atoms with Gasteiger partial charge in [-0.15, -0.1) is 0 Å². The molecule has 1 aromatic rings. The quantitative estimate of drug-likeness (QED) is 0.783. The van der Waals surface area contributed by atoms with E-state index in [1.165, 1.54) is 0 Å². The molecule has 94 valence electrons. The molecule has 1 rings (SSSR count). The van der Waals surface area contributed by atoms with Crippen molar-refractivity contribution in [1.29, 1.82) is 0 Å². The van der Waals surface area contributed by atoms with E-state index in [0.29, 0.717) is 12.6 Å². The van der Waals surface area contributed by atoms with Crippen LogP contribution in [-0.2, 0) is 0 Å². The highest BCUT2D eigenvalue weighted by atomic mass is 35.5. The summed E-state index contributed by atoms with van der Waals surface area (Å²) in [5.41, 5.74) is 2.06. The SMILES string of the molecule is C=C(CNC(C)C)COc1ccc(Cl)c(C)c1. The maximum atomic E-state index is 5.94. The highest BCUT2D eigenvalue weighted by Gasteiger charge is 2.01. The van der Waals surface area contributed by atoms with Crippen molar-refractivity contribution in [3.8, 4) is 5.75 Å². The molecule has 17 heavy (non-hydrogen) atoms. The first-order valence-electron chi connectivity index (χ1n) is 5.78. The van der Waals surface area contributed by atoms with Crippen LogP contribution < -0.4 is 10.1 Å². The maximum absolute atomic E-state index is 5.94. The summed E-state index contributed by atoms with van der Waals surface area (Å²) in [5.74, 6) is 0.831. The van der Waals surface area contributed by atoms with Crippen LogP contribution in [0.4, 0.5) is 0 Å². The first kappa shape index (κ1) is 14.1. The highest BCUT2D eigenvalue weighted by molar-refractivity contribution is 6.31. The normalized spacial score (nSPS) is 10.6. The standard InChI is InChI=1S/C14H20ClNO/c1-10(2)16-8-11(3)9-17-13-5-6-14(15)12(4)7-13/h5-7,10,16H,3,8-9H2,1-2,4H3. The molecule has 0 amide bonds. The van der Waals surface area contributed by atoms with Gasteiger partial charge in [0.25, 0.3) is 0 Å². The minimum atomic E-state index is 0.463. The number of halogens is 1. The van der Waals surface area contributed by atoms with E-state index in [1.54, 1.807) is 0 Å². The molecule has 0 atom stereocenters. The Morgan fingerprint density at radius 2 is 2.18 bits per heavy atom. The number of hydrogen-bond acceptors (Lipinski definition) is 2. The molecule has 0 aromatic heterocycles. The highest BCUT2D eigenvalue weighted by Crippen LogP contribution is 2.21. The summed E-state index contributed by atoms with van der Waals surface area (Å²) < 4.78 is 5.64. The van der Waals surface area contributed by atoms with E-state index in [-0.39, 0.29) is 0 Å². The van der Waals surface area contributed by atoms with E-state index in [0.717, 1.165) is 28.5 Å². The first-order valence-corrected chi connectivity index (χ1v) is 6.16. The van der Waals surface area contributed by atoms with Gasteiger partial charge < -0.3 is 10.1 Å². The zero-order valence-corrected chi connectivity index (χ0v) is 11.5. The Morgan fingerprint density at radius 3 is 2.76 bits per heavy atom. The molecule has 0 fully saturated rings. The van der Waals surface area contributed by atoms with Crippen LogP contribution in [-0.4, -0.2) is 19.2 Å². The van der Waals surface area contributed by atoms with Crippen LogP contribution in [0, 0.1) is 6.92 Å². The van der Waals surface area contributed by atoms with E-state index in [9.17, 15) is 0 Å². The van der Waals surface area contributed by atoms with E-state index in [4.69, 9.17) is 16.3 Å². The van der Waals surface area contributed by atoms with Crippen molar-refractivity contribution in [3.63, 3.8) is 0 Å². The van der Waals surface area contributed by atoms with Crippen LogP contribution in [0.2, 0.25) is 5.02 Å². The van der Waals surface area contributed by atoms with Crippen LogP contribution in [0.5, 0.6) is 5.75 Å². The zero-order chi connectivity index (χ0) is 12.8. The van der Waals surface area contributed by atoms with E-state index in [2.05, 4.69) is 25.7 Å². The molecule has 0 spiro atoms. The van der Waals surface area contributed by atoms with Crippen molar-refractivity contribution in [2.75, 3.05) is 13.2 Å². The van der Waals surface area contributed by atoms with Gasteiger partial charge in [-0.3, -0.25) is 0 Å². The Labute approximate surface area is 109 Å². The van der Waals surface area contributed by atoms with E-state index < -0.39 is 0 Å². The molecule has 1 N–H and O–H groups in total. The van der Waals surface area contributed by atoms with Gasteiger partial charge in [-0.1, -0.05) is 32.0 Å². The molecule has 0 aliphatic heterocycles. The van der Waals surface area contributed by atoms with Gasteiger partial charge in [0.2, 0.25) is 0 Å². The Hall–Kier alpha value is -0.990. The fraction of sp³-hybridized carbons (Fsp3) is 0.429. The fourth-order valence-corrected chi connectivity index (χ4v) is 1.41. The number of ether oxygens (including phenoxy) is 1. The lowest BCUT2D eigenvalue weighted by Gasteiger charge is -2.12. The van der Waals surface area contributed by atoms with Crippen molar-refractivity contribution in [2.24, 2.45) is 0 Å². The lowest BCUT2D eigenvalue weighted by atomic mass is 10.2. The topological polar surface area (TPSA) is 21.3 Å². The molecule has 0 aliphatic carbocycles. The third-order valence-electron chi connectivity index (χ3n) is 2.33. The second kappa shape index (κ2) is 6.67. The molecule has 0 saturated heterocycles. The van der Waals surface area contributed by atoms with Crippen molar-refractivity contribution >= 4 is 11.6 Å². The average molecular weight is 254 g/mol. The molecule has 0 bridgehead atoms. The van der Waals surface area contributed by atoms with Crippen molar-refractivity contribution < 1.29 is 4.74 Å². The number of rotatable bonds is 6. The summed E-state index contributed by atoms with van der Waals surface area (Å²) in [5, 5.41) is 4.06. The first-order chi connectivity index (χ1) is 7.99. The molecule has 0 radical (unpaired) electrons. The van der Waals surface area contributed by atoms with E-state index in [1.807, 2.05) is 25.1 Å². The van der Waals surface area contributed by atoms with Crippen LogP contribution in [0.25, 0.3) is 0 Å². The van der Waals surface area contributed by atoms with Crippen LogP contribution in [0.1, 0.15) is 19.4 Å². The Bertz CT molecular complexity index is 388. The number of nitrogens with one attached hydrogen (secondary N) is 1. The van der Waals surface area contributed by atoms with Crippen molar-refractivity contribution in [2.45, 2.75) is 26.8 Å². The van der Waals surface area contributed by atoms with Gasteiger partial charge >= 0.3 is 0 Å². The summed E-state index contributed by atoms with van der Waals surface area (Å²) in [4.78, 5) is 0. The van der Waals surface area contributed by atoms with Gasteiger partial charge in [0.05, 0.1) is 0 Å². The largest absolute Gasteiger partial charge is 0.489 e. The maximum Gasteiger partial charge on any atom is 0.120 e. The molecule has 2 nitrogen and oxygen atoms in total. The molecule has 3 heteroatoms. The summed E-state index contributed by atoms with van der Waals surface area (Å²) >= 11 is 5.94. The smallest absolute Gasteiger partial charge is 0.120 e. The van der Waals surface area contributed by atoms with Crippen LogP contribution >= 0.6 is 11.6 Å². The van der Waals surface area contributed by atoms with Crippen molar-refractivity contribution in [1.82, 2.24) is 5.32 Å². The molecule has 0 saturated carbocycles. The second-order valence-corrected chi connectivity index (χ2v) is 4.89. The summed E-state index contributed by atoms with van der Waals surface area (Å²) in [6.07, 6.45) is 0. The number of hydrogen-bond donors (Lipinski definition) is 1. The molecular weight excluding hydrogens is 234 g/mol. The van der Waals surface area contributed by atoms with Gasteiger partial charge in [-0.05, 0) is 36.3 Å². The van der Waals surface area contributed by atoms with Crippen molar-refractivity contribution in [3.05, 3.63) is 40.9 Å². The van der Waals surface area contributed by atoms with Gasteiger partial charge in [0.1, 0.15) is 12.4 Å². The van der Waals surface area contributed by atoms with Gasteiger partial charge in [-0.2, -0.15) is 0 Å². The second-order valence-electron chi connectivity index (χ2n) is 4.49. The van der Waals surface area contributed by atoms with Gasteiger partial charge in [-0.25, -0.2) is 0 Å². The minimum absolute atomic E-state index is 0.463. The molecular formula is C14H20ClNO. The summed E-state index contributed by atoms with van der Waals surface area (Å²) in [6.45, 7) is 11.5. The number of benzene rings is 1. The third-order valence-corrected chi connectivity index (χ3v) is 2.76. The minimum Gasteiger partial charge on any atom is -0.489 e. The lowest BCUT2D eigenvalue weighted by molar-refractivity contribution is 0.347. The Kier molecular flexibility index (Phi) is 5.52. The lowest BCUT2D eigenvalue weighted by Crippen LogP contribution is -2.26. The predicted molar refractivity (Wildman–Crippen MR) is 74.0 cm³/mol. The monoisotopic (exact) mass is 253 g/mol. The molecule has 0 heterocycles. The molecule has 0 unspecified atom stereocenters. The Morgan fingerprint density at radius 1 is 1.47 bits per heavy atom. The summed E-state index contributed by atoms with van der Waals surface area (Å²) in [6, 6.07) is 6.12. The fourth-order valence-electron chi connectivity index (χ4n) is 1.29. The van der Waals surface area contributed by atoms with Crippen LogP contribution in [0.15, 0.2) is 30.4 Å². The zero-order valence-electron chi connectivity index (χ0n) is 10.7. The molecule has 0 aliphatic rings. The molecule has 1 aromatic carbocycles. The van der Waals surface area contributed by atoms with Gasteiger partial charge in [0.15, 0.2) is 0 Å². The number of aryl methyl sites for hydroxylation is 1. The average Bonchev–Trinajstić information content (AvgIpc) is 2.28. The Balaban J connectivity index is 2.39. The third kappa shape index (κ3) is 5.24. The van der Waals surface area contributed by atoms with E-state index >= 15 is 0 Å². The van der Waals surface area contributed by atoms with Gasteiger partial charge in [0, 0.05) is 17.6 Å².